The molecule has 0 saturated carbocycles. The Labute approximate surface area is 117 Å². The first kappa shape index (κ1) is 15.9. The molecule has 0 aliphatic heterocycles. The van der Waals surface area contributed by atoms with Gasteiger partial charge in [0.2, 0.25) is 6.08 Å². The summed E-state index contributed by atoms with van der Waals surface area (Å²) in [5.41, 5.74) is 2.54. The fourth-order valence-electron chi connectivity index (χ4n) is 2.80. The zero-order valence-corrected chi connectivity index (χ0v) is 13.0. The summed E-state index contributed by atoms with van der Waals surface area (Å²) in [6.45, 7) is 10.8. The van der Waals surface area contributed by atoms with Gasteiger partial charge in [0.1, 0.15) is 0 Å². The average molecular weight is 261 g/mol. The van der Waals surface area contributed by atoms with Crippen molar-refractivity contribution in [1.29, 1.82) is 0 Å². The summed E-state index contributed by atoms with van der Waals surface area (Å²) >= 11 is 0. The van der Waals surface area contributed by atoms with Crippen LogP contribution >= 0.6 is 0 Å². The first-order valence-corrected chi connectivity index (χ1v) is 7.21. The van der Waals surface area contributed by atoms with Crippen molar-refractivity contribution in [1.82, 2.24) is 0 Å². The number of allylic oxidation sites excluding steroid dienone is 4. The van der Waals surface area contributed by atoms with Gasteiger partial charge in [-0.3, -0.25) is 0 Å². The summed E-state index contributed by atoms with van der Waals surface area (Å²) < 4.78 is 0. The van der Waals surface area contributed by atoms with Crippen LogP contribution in [0.2, 0.25) is 0 Å². The SMILES string of the molecule is CC(C)=CCC[C@@](C)(N=C=O)[C@@]1(C)CC=C(C)CC1. The highest BCUT2D eigenvalue weighted by Crippen LogP contribution is 2.47. The van der Waals surface area contributed by atoms with E-state index in [1.807, 2.05) is 6.08 Å². The number of nitrogens with zero attached hydrogens (tertiary/aromatic N) is 1. The van der Waals surface area contributed by atoms with E-state index in [1.54, 1.807) is 0 Å². The molecule has 0 N–H and O–H groups in total. The van der Waals surface area contributed by atoms with E-state index >= 15 is 0 Å². The number of hydrogen-bond acceptors (Lipinski definition) is 2. The Morgan fingerprint density at radius 3 is 2.74 bits per heavy atom. The van der Waals surface area contributed by atoms with Crippen molar-refractivity contribution in [3.8, 4) is 0 Å². The Balaban J connectivity index is 2.92. The van der Waals surface area contributed by atoms with Crippen LogP contribution in [0.15, 0.2) is 28.3 Å². The van der Waals surface area contributed by atoms with Crippen LogP contribution in [-0.4, -0.2) is 11.6 Å². The van der Waals surface area contributed by atoms with Gasteiger partial charge in [-0.15, -0.1) is 0 Å². The topological polar surface area (TPSA) is 29.4 Å². The van der Waals surface area contributed by atoms with E-state index in [0.717, 1.165) is 32.1 Å². The first-order chi connectivity index (χ1) is 8.83. The van der Waals surface area contributed by atoms with Gasteiger partial charge in [-0.1, -0.05) is 30.2 Å². The molecule has 0 fully saturated rings. The maximum Gasteiger partial charge on any atom is 0.235 e. The van der Waals surface area contributed by atoms with Crippen molar-refractivity contribution >= 4 is 6.08 Å². The Morgan fingerprint density at radius 1 is 1.58 bits per heavy atom. The Morgan fingerprint density at radius 2 is 2.26 bits per heavy atom. The van der Waals surface area contributed by atoms with Crippen LogP contribution in [0.5, 0.6) is 0 Å². The fourth-order valence-corrected chi connectivity index (χ4v) is 2.80. The molecule has 0 bridgehead atoms. The third-order valence-electron chi connectivity index (χ3n) is 4.75. The van der Waals surface area contributed by atoms with Gasteiger partial charge in [-0.2, -0.15) is 4.99 Å². The van der Waals surface area contributed by atoms with Crippen molar-refractivity contribution in [2.75, 3.05) is 0 Å². The fraction of sp³-hybridized carbons (Fsp3) is 0.706. The van der Waals surface area contributed by atoms with Crippen LogP contribution in [0.25, 0.3) is 0 Å². The molecule has 2 heteroatoms. The third kappa shape index (κ3) is 3.91. The van der Waals surface area contributed by atoms with Crippen molar-refractivity contribution in [3.05, 3.63) is 23.3 Å². The summed E-state index contributed by atoms with van der Waals surface area (Å²) in [6.07, 6.45) is 11.5. The zero-order chi connectivity index (χ0) is 14.5. The summed E-state index contributed by atoms with van der Waals surface area (Å²) in [7, 11) is 0. The molecular formula is C17H27NO. The molecular weight excluding hydrogens is 234 g/mol. The number of aliphatic imine (C=N–C) groups is 1. The number of hydrogen-bond donors (Lipinski definition) is 0. The molecule has 0 radical (unpaired) electrons. The maximum atomic E-state index is 10.8. The molecule has 0 aromatic heterocycles. The predicted molar refractivity (Wildman–Crippen MR) is 80.9 cm³/mol. The van der Waals surface area contributed by atoms with Crippen molar-refractivity contribution in [2.45, 2.75) is 72.3 Å². The lowest BCUT2D eigenvalue weighted by molar-refractivity contribution is 0.132. The molecule has 2 atom stereocenters. The lowest BCUT2D eigenvalue weighted by atomic mass is 9.63. The van der Waals surface area contributed by atoms with Crippen LogP contribution in [0, 0.1) is 5.41 Å². The molecule has 0 heterocycles. The van der Waals surface area contributed by atoms with Gasteiger partial charge in [0.25, 0.3) is 0 Å². The van der Waals surface area contributed by atoms with Gasteiger partial charge < -0.3 is 0 Å². The lowest BCUT2D eigenvalue weighted by Gasteiger charge is -2.45. The van der Waals surface area contributed by atoms with Crippen molar-refractivity contribution in [2.24, 2.45) is 10.4 Å². The van der Waals surface area contributed by atoms with E-state index in [2.05, 4.69) is 51.8 Å². The highest BCUT2D eigenvalue weighted by molar-refractivity contribution is 5.36. The molecule has 1 aliphatic carbocycles. The smallest absolute Gasteiger partial charge is 0.211 e. The van der Waals surface area contributed by atoms with Gasteiger partial charge in [0.05, 0.1) is 5.54 Å². The molecule has 1 aliphatic rings. The third-order valence-corrected chi connectivity index (χ3v) is 4.75. The minimum Gasteiger partial charge on any atom is -0.211 e. The van der Waals surface area contributed by atoms with Crippen LogP contribution in [0.1, 0.15) is 66.7 Å². The van der Waals surface area contributed by atoms with Crippen LogP contribution in [0.4, 0.5) is 0 Å². The minimum atomic E-state index is -0.308. The minimum absolute atomic E-state index is 0.0689. The molecule has 0 aromatic carbocycles. The normalized spacial score (nSPS) is 25.8. The second-order valence-corrected chi connectivity index (χ2v) is 6.61. The van der Waals surface area contributed by atoms with Crippen LogP contribution in [0.3, 0.4) is 0 Å². The largest absolute Gasteiger partial charge is 0.235 e. The first-order valence-electron chi connectivity index (χ1n) is 7.21. The van der Waals surface area contributed by atoms with Crippen molar-refractivity contribution in [3.63, 3.8) is 0 Å². The van der Waals surface area contributed by atoms with Crippen LogP contribution < -0.4 is 0 Å². The van der Waals surface area contributed by atoms with E-state index in [1.165, 1.54) is 11.1 Å². The Bertz CT molecular complexity index is 425. The maximum absolute atomic E-state index is 10.8. The highest BCUT2D eigenvalue weighted by atomic mass is 16.1. The van der Waals surface area contributed by atoms with Gasteiger partial charge in [0.15, 0.2) is 0 Å². The highest BCUT2D eigenvalue weighted by Gasteiger charge is 2.44. The van der Waals surface area contributed by atoms with E-state index in [9.17, 15) is 4.79 Å². The molecule has 1 rings (SSSR count). The molecule has 106 valence electrons. The van der Waals surface area contributed by atoms with Gasteiger partial charge in [-0.05, 0) is 65.2 Å². The average Bonchev–Trinajstić information content (AvgIpc) is 2.33. The quantitative estimate of drug-likeness (QED) is 0.390. The Hall–Kier alpha value is -1.14. The van der Waals surface area contributed by atoms with Crippen LogP contribution in [-0.2, 0) is 4.79 Å². The summed E-state index contributed by atoms with van der Waals surface area (Å²) in [4.78, 5) is 15.1. The molecule has 19 heavy (non-hydrogen) atoms. The van der Waals surface area contributed by atoms with Gasteiger partial charge >= 0.3 is 0 Å². The standard InChI is InChI=1S/C17H27NO/c1-14(2)7-6-10-17(5,18-13-19)16(4)11-8-15(3)9-12-16/h7-8H,6,9-12H2,1-5H3/t16-,17+/m0/s1. The second kappa shape index (κ2) is 6.34. The molecule has 0 amide bonds. The second-order valence-electron chi connectivity index (χ2n) is 6.61. The molecule has 0 unspecified atom stereocenters. The number of isocyanates is 1. The summed E-state index contributed by atoms with van der Waals surface area (Å²) in [5, 5.41) is 0. The Kier molecular flexibility index (Phi) is 5.31. The number of carbonyl (C=O) groups excluding carboxylic acids is 1. The van der Waals surface area contributed by atoms with Gasteiger partial charge in [-0.25, -0.2) is 4.79 Å². The van der Waals surface area contributed by atoms with Gasteiger partial charge in [0, 0.05) is 0 Å². The molecule has 2 nitrogen and oxygen atoms in total. The molecule has 0 spiro atoms. The summed E-state index contributed by atoms with van der Waals surface area (Å²) in [5.74, 6) is 0. The van der Waals surface area contributed by atoms with E-state index in [-0.39, 0.29) is 11.0 Å². The number of rotatable bonds is 5. The van der Waals surface area contributed by atoms with E-state index in [4.69, 9.17) is 0 Å². The monoisotopic (exact) mass is 261 g/mol. The predicted octanol–water partition coefficient (Wildman–Crippen LogP) is 4.96. The molecule has 0 saturated heterocycles. The lowest BCUT2D eigenvalue weighted by Crippen LogP contribution is -2.43. The zero-order valence-electron chi connectivity index (χ0n) is 13.0. The van der Waals surface area contributed by atoms with E-state index < -0.39 is 0 Å². The molecule has 0 aromatic rings. The van der Waals surface area contributed by atoms with E-state index in [0.29, 0.717) is 0 Å². The summed E-state index contributed by atoms with van der Waals surface area (Å²) in [6, 6.07) is 0. The van der Waals surface area contributed by atoms with Crippen molar-refractivity contribution < 1.29 is 4.79 Å².